The molecule has 0 saturated carbocycles. The van der Waals surface area contributed by atoms with Gasteiger partial charge in [0.2, 0.25) is 0 Å². The van der Waals surface area contributed by atoms with E-state index in [1.807, 2.05) is 0 Å². The normalized spacial score (nSPS) is 15.6. The summed E-state index contributed by atoms with van der Waals surface area (Å²) in [5, 5.41) is 23.7. The Hall–Kier alpha value is -2.28. The summed E-state index contributed by atoms with van der Waals surface area (Å²) in [5.74, 6) is -1.61. The van der Waals surface area contributed by atoms with E-state index in [0.717, 1.165) is 12.8 Å². The maximum Gasteiger partial charge on any atom is 0.339 e. The molecule has 1 aliphatic heterocycles. The topological polar surface area (TPSA) is 108 Å². The molecular weight excluding hydrogens is 264 g/mol. The van der Waals surface area contributed by atoms with Crippen molar-refractivity contribution in [1.29, 1.82) is 0 Å². The minimum absolute atomic E-state index is 0.0654. The summed E-state index contributed by atoms with van der Waals surface area (Å²) >= 11 is 0. The average molecular weight is 280 g/mol. The van der Waals surface area contributed by atoms with Gasteiger partial charge < -0.3 is 25.6 Å². The molecule has 0 aromatic heterocycles. The monoisotopic (exact) mass is 280 g/mol. The second-order valence-corrected chi connectivity index (χ2v) is 4.52. The molecule has 1 aliphatic rings. The summed E-state index contributed by atoms with van der Waals surface area (Å²) in [6.45, 7) is 1.25. The van der Waals surface area contributed by atoms with Crippen LogP contribution in [-0.2, 0) is 4.74 Å². The predicted octanol–water partition coefficient (Wildman–Crippen LogP) is 1.39. The fraction of sp³-hybridized carbons (Fsp3) is 0.385. The molecule has 7 nitrogen and oxygen atoms in total. The number of aromatic hydroxyl groups is 1. The van der Waals surface area contributed by atoms with E-state index in [0.29, 0.717) is 18.9 Å². The van der Waals surface area contributed by atoms with Crippen molar-refractivity contribution in [2.24, 2.45) is 0 Å². The number of carbonyl (C=O) groups excluding carboxylic acids is 1. The summed E-state index contributed by atoms with van der Waals surface area (Å²) in [4.78, 5) is 22.5. The smallest absolute Gasteiger partial charge is 0.339 e. The third-order valence-corrected chi connectivity index (χ3v) is 3.04. The molecule has 0 atom stereocenters. The molecule has 1 heterocycles. The van der Waals surface area contributed by atoms with Crippen molar-refractivity contribution in [3.63, 3.8) is 0 Å². The highest BCUT2D eigenvalue weighted by atomic mass is 16.5. The first-order valence-corrected chi connectivity index (χ1v) is 6.28. The zero-order chi connectivity index (χ0) is 14.5. The first kappa shape index (κ1) is 14.1. The van der Waals surface area contributed by atoms with Gasteiger partial charge in [0.1, 0.15) is 11.3 Å². The van der Waals surface area contributed by atoms with Crippen LogP contribution in [0.1, 0.15) is 23.2 Å². The van der Waals surface area contributed by atoms with Crippen molar-refractivity contribution < 1.29 is 24.5 Å². The van der Waals surface area contributed by atoms with Gasteiger partial charge in [0.05, 0.1) is 0 Å². The molecule has 1 aromatic carbocycles. The van der Waals surface area contributed by atoms with E-state index in [1.165, 1.54) is 18.2 Å². The van der Waals surface area contributed by atoms with Gasteiger partial charge in [-0.1, -0.05) is 0 Å². The lowest BCUT2D eigenvalue weighted by Crippen LogP contribution is -2.41. The van der Waals surface area contributed by atoms with Crippen molar-refractivity contribution in [3.8, 4) is 5.75 Å². The Kier molecular flexibility index (Phi) is 4.41. The van der Waals surface area contributed by atoms with Crippen LogP contribution < -0.4 is 10.6 Å². The highest BCUT2D eigenvalue weighted by Crippen LogP contribution is 2.21. The van der Waals surface area contributed by atoms with E-state index in [2.05, 4.69) is 10.6 Å². The molecule has 1 aromatic rings. The highest BCUT2D eigenvalue weighted by Gasteiger charge is 2.16. The van der Waals surface area contributed by atoms with E-state index >= 15 is 0 Å². The van der Waals surface area contributed by atoms with Crippen molar-refractivity contribution >= 4 is 17.7 Å². The second-order valence-electron chi connectivity index (χ2n) is 4.52. The van der Waals surface area contributed by atoms with Crippen LogP contribution in [0.4, 0.5) is 10.5 Å². The number of hydrogen-bond acceptors (Lipinski definition) is 4. The Morgan fingerprint density at radius 3 is 2.55 bits per heavy atom. The van der Waals surface area contributed by atoms with Crippen molar-refractivity contribution in [2.45, 2.75) is 18.9 Å². The van der Waals surface area contributed by atoms with Gasteiger partial charge in [-0.3, -0.25) is 0 Å². The van der Waals surface area contributed by atoms with Crippen LogP contribution >= 0.6 is 0 Å². The zero-order valence-electron chi connectivity index (χ0n) is 10.8. The number of rotatable bonds is 3. The van der Waals surface area contributed by atoms with Gasteiger partial charge in [-0.2, -0.15) is 0 Å². The van der Waals surface area contributed by atoms with Gasteiger partial charge in [-0.15, -0.1) is 0 Å². The summed E-state index contributed by atoms with van der Waals surface area (Å²) < 4.78 is 5.19. The Labute approximate surface area is 115 Å². The van der Waals surface area contributed by atoms with Gasteiger partial charge >= 0.3 is 12.0 Å². The third kappa shape index (κ3) is 3.61. The highest BCUT2D eigenvalue weighted by molar-refractivity contribution is 5.94. The number of amides is 2. The fourth-order valence-corrected chi connectivity index (χ4v) is 1.98. The standard InChI is InChI=1S/C13H16N2O5/c16-11-7-9(1-2-10(11)12(17)18)15-13(19)14-8-3-5-20-6-4-8/h1-2,7-8,16H,3-6H2,(H,17,18)(H2,14,15,19). The number of phenols is 1. The number of anilines is 1. The number of carboxylic acid groups (broad SMARTS) is 1. The van der Waals surface area contributed by atoms with Gasteiger partial charge in [0.25, 0.3) is 0 Å². The Balaban J connectivity index is 1.93. The number of benzene rings is 1. The summed E-state index contributed by atoms with van der Waals surface area (Å²) in [6, 6.07) is 3.54. The molecular formula is C13H16N2O5. The van der Waals surface area contributed by atoms with Crippen LogP contribution in [0.3, 0.4) is 0 Å². The Bertz CT molecular complexity index is 511. The first-order valence-electron chi connectivity index (χ1n) is 6.28. The average Bonchev–Trinajstić information content (AvgIpc) is 2.39. The number of carbonyl (C=O) groups is 2. The van der Waals surface area contributed by atoms with E-state index in [-0.39, 0.29) is 23.4 Å². The Morgan fingerprint density at radius 1 is 1.25 bits per heavy atom. The zero-order valence-corrected chi connectivity index (χ0v) is 10.8. The van der Waals surface area contributed by atoms with Crippen LogP contribution in [0, 0.1) is 0 Å². The maximum absolute atomic E-state index is 11.7. The van der Waals surface area contributed by atoms with E-state index in [1.54, 1.807) is 0 Å². The number of nitrogens with one attached hydrogen (secondary N) is 2. The molecule has 0 bridgehead atoms. The number of carboxylic acids is 1. The van der Waals surface area contributed by atoms with Crippen LogP contribution in [0.5, 0.6) is 5.75 Å². The predicted molar refractivity (Wildman–Crippen MR) is 71.1 cm³/mol. The SMILES string of the molecule is O=C(Nc1ccc(C(=O)O)c(O)c1)NC1CCOCC1. The van der Waals surface area contributed by atoms with Gasteiger partial charge in [-0.25, -0.2) is 9.59 Å². The third-order valence-electron chi connectivity index (χ3n) is 3.04. The number of urea groups is 1. The summed E-state index contributed by atoms with van der Waals surface area (Å²) in [7, 11) is 0. The largest absolute Gasteiger partial charge is 0.507 e. The molecule has 2 amide bonds. The molecule has 0 unspecified atom stereocenters. The minimum atomic E-state index is -1.22. The molecule has 0 spiro atoms. The fourth-order valence-electron chi connectivity index (χ4n) is 1.98. The van der Waals surface area contributed by atoms with Crippen LogP contribution in [0.2, 0.25) is 0 Å². The van der Waals surface area contributed by atoms with Crippen molar-refractivity contribution in [3.05, 3.63) is 23.8 Å². The van der Waals surface area contributed by atoms with Gasteiger partial charge in [0, 0.05) is 31.0 Å². The van der Waals surface area contributed by atoms with Crippen LogP contribution in [0.15, 0.2) is 18.2 Å². The summed E-state index contributed by atoms with van der Waals surface area (Å²) in [6.07, 6.45) is 1.52. The molecule has 1 saturated heterocycles. The molecule has 20 heavy (non-hydrogen) atoms. The van der Waals surface area contributed by atoms with E-state index < -0.39 is 5.97 Å². The van der Waals surface area contributed by atoms with E-state index in [9.17, 15) is 14.7 Å². The van der Waals surface area contributed by atoms with Gasteiger partial charge in [0.15, 0.2) is 0 Å². The molecule has 2 rings (SSSR count). The molecule has 7 heteroatoms. The lowest BCUT2D eigenvalue weighted by Gasteiger charge is -2.23. The molecule has 1 fully saturated rings. The first-order chi connectivity index (χ1) is 9.56. The molecule has 0 radical (unpaired) electrons. The van der Waals surface area contributed by atoms with Gasteiger partial charge in [-0.05, 0) is 25.0 Å². The number of hydrogen-bond donors (Lipinski definition) is 4. The number of ether oxygens (including phenoxy) is 1. The van der Waals surface area contributed by atoms with E-state index in [4.69, 9.17) is 9.84 Å². The Morgan fingerprint density at radius 2 is 1.95 bits per heavy atom. The quantitative estimate of drug-likeness (QED) is 0.669. The minimum Gasteiger partial charge on any atom is -0.507 e. The molecule has 4 N–H and O–H groups in total. The second kappa shape index (κ2) is 6.25. The van der Waals surface area contributed by atoms with Crippen LogP contribution in [0.25, 0.3) is 0 Å². The number of aromatic carboxylic acids is 1. The van der Waals surface area contributed by atoms with Crippen LogP contribution in [-0.4, -0.2) is 41.5 Å². The lowest BCUT2D eigenvalue weighted by atomic mass is 10.1. The molecule has 108 valence electrons. The molecule has 0 aliphatic carbocycles. The summed E-state index contributed by atoms with van der Waals surface area (Å²) in [5.41, 5.74) is 0.123. The maximum atomic E-state index is 11.7. The van der Waals surface area contributed by atoms with Crippen molar-refractivity contribution in [2.75, 3.05) is 18.5 Å². The van der Waals surface area contributed by atoms with Crippen molar-refractivity contribution in [1.82, 2.24) is 5.32 Å². The lowest BCUT2D eigenvalue weighted by molar-refractivity contribution is 0.0693.